The van der Waals surface area contributed by atoms with Gasteiger partial charge in [-0.1, -0.05) is 0 Å². The molecular weight excluding hydrogens is 268 g/mol. The molecule has 10 nitrogen and oxygen atoms in total. The third-order valence-corrected chi connectivity index (χ3v) is 2.47. The highest BCUT2D eigenvalue weighted by Gasteiger charge is 2.17. The Balaban J connectivity index is 2.51. The predicted molar refractivity (Wildman–Crippen MR) is 65.2 cm³/mol. The molecule has 1 heterocycles. The number of rotatable bonds is 8. The van der Waals surface area contributed by atoms with Crippen molar-refractivity contribution in [3.05, 3.63) is 5.82 Å². The first-order chi connectivity index (χ1) is 9.40. The molecule has 1 aromatic heterocycles. The van der Waals surface area contributed by atoms with Crippen LogP contribution in [0.4, 0.5) is 0 Å². The van der Waals surface area contributed by atoms with Crippen molar-refractivity contribution in [2.75, 3.05) is 0 Å². The lowest BCUT2D eigenvalue weighted by atomic mass is 10.3. The Morgan fingerprint density at radius 1 is 1.45 bits per heavy atom. The number of carboxylic acids is 1. The SMILES string of the molecule is CC(NC(=O)Cc1nnnn1CCCC(N)=O)C(=O)O. The maximum atomic E-state index is 11.6. The van der Waals surface area contributed by atoms with Gasteiger partial charge in [0.15, 0.2) is 5.82 Å². The molecule has 110 valence electrons. The van der Waals surface area contributed by atoms with E-state index in [-0.39, 0.29) is 12.8 Å². The molecule has 1 unspecified atom stereocenters. The molecule has 4 N–H and O–H groups in total. The summed E-state index contributed by atoms with van der Waals surface area (Å²) in [4.78, 5) is 32.8. The molecular formula is C10H16N6O4. The summed E-state index contributed by atoms with van der Waals surface area (Å²) in [5, 5.41) is 21.8. The second-order valence-electron chi connectivity index (χ2n) is 4.19. The Labute approximate surface area is 114 Å². The molecule has 0 aliphatic heterocycles. The normalized spacial score (nSPS) is 11.8. The summed E-state index contributed by atoms with van der Waals surface area (Å²) in [6, 6.07) is -0.985. The summed E-state index contributed by atoms with van der Waals surface area (Å²) in [6.45, 7) is 1.71. The van der Waals surface area contributed by atoms with Crippen LogP contribution < -0.4 is 11.1 Å². The smallest absolute Gasteiger partial charge is 0.325 e. The van der Waals surface area contributed by atoms with Gasteiger partial charge in [0.25, 0.3) is 0 Å². The summed E-state index contributed by atoms with van der Waals surface area (Å²) in [5.41, 5.74) is 5.01. The third kappa shape index (κ3) is 5.00. The number of nitrogens with two attached hydrogens (primary N) is 1. The van der Waals surface area contributed by atoms with Gasteiger partial charge in [-0.05, 0) is 23.8 Å². The van der Waals surface area contributed by atoms with Crippen LogP contribution in [-0.4, -0.2) is 49.1 Å². The van der Waals surface area contributed by atoms with Gasteiger partial charge >= 0.3 is 5.97 Å². The molecule has 20 heavy (non-hydrogen) atoms. The number of hydrogen-bond acceptors (Lipinski definition) is 6. The van der Waals surface area contributed by atoms with E-state index >= 15 is 0 Å². The van der Waals surface area contributed by atoms with E-state index in [1.807, 2.05) is 0 Å². The zero-order valence-electron chi connectivity index (χ0n) is 10.9. The number of aryl methyl sites for hydroxylation is 1. The molecule has 0 aliphatic carbocycles. The molecule has 1 atom stereocenters. The van der Waals surface area contributed by atoms with Gasteiger partial charge in [0.1, 0.15) is 6.04 Å². The molecule has 10 heteroatoms. The molecule has 0 aliphatic rings. The number of aliphatic carboxylic acids is 1. The molecule has 0 fully saturated rings. The highest BCUT2D eigenvalue weighted by molar-refractivity contribution is 5.84. The van der Waals surface area contributed by atoms with Crippen LogP contribution in [0.3, 0.4) is 0 Å². The van der Waals surface area contributed by atoms with Gasteiger partial charge in [0, 0.05) is 13.0 Å². The van der Waals surface area contributed by atoms with E-state index in [0.717, 1.165) is 0 Å². The molecule has 0 radical (unpaired) electrons. The summed E-state index contributed by atoms with van der Waals surface area (Å²) in [7, 11) is 0. The fourth-order valence-electron chi connectivity index (χ4n) is 1.42. The lowest BCUT2D eigenvalue weighted by molar-refractivity contribution is -0.141. The number of nitrogens with zero attached hydrogens (tertiary/aromatic N) is 4. The monoisotopic (exact) mass is 284 g/mol. The summed E-state index contributed by atoms with van der Waals surface area (Å²) < 4.78 is 1.38. The van der Waals surface area contributed by atoms with Gasteiger partial charge in [0.05, 0.1) is 6.42 Å². The number of carbonyl (C=O) groups excluding carboxylic acids is 2. The van der Waals surface area contributed by atoms with Crippen molar-refractivity contribution >= 4 is 17.8 Å². The Morgan fingerprint density at radius 2 is 2.15 bits per heavy atom. The Bertz CT molecular complexity index is 500. The Hall–Kier alpha value is -2.52. The fourth-order valence-corrected chi connectivity index (χ4v) is 1.42. The highest BCUT2D eigenvalue weighted by Crippen LogP contribution is 1.99. The summed E-state index contributed by atoms with van der Waals surface area (Å²) >= 11 is 0. The van der Waals surface area contributed by atoms with Crippen LogP contribution in [0.15, 0.2) is 0 Å². The molecule has 0 aromatic carbocycles. The van der Waals surface area contributed by atoms with Gasteiger partial charge in [-0.2, -0.15) is 0 Å². The van der Waals surface area contributed by atoms with Crippen molar-refractivity contribution in [3.63, 3.8) is 0 Å². The first-order valence-electron chi connectivity index (χ1n) is 5.95. The first kappa shape index (κ1) is 15.5. The Morgan fingerprint density at radius 3 is 2.75 bits per heavy atom. The van der Waals surface area contributed by atoms with Crippen molar-refractivity contribution < 1.29 is 19.5 Å². The highest BCUT2D eigenvalue weighted by atomic mass is 16.4. The van der Waals surface area contributed by atoms with Crippen molar-refractivity contribution in [3.8, 4) is 0 Å². The predicted octanol–water partition coefficient (Wildman–Crippen LogP) is -1.93. The van der Waals surface area contributed by atoms with Crippen LogP contribution in [0.25, 0.3) is 0 Å². The quantitative estimate of drug-likeness (QED) is 0.502. The molecule has 1 aromatic rings. The number of carboxylic acid groups (broad SMARTS) is 1. The van der Waals surface area contributed by atoms with E-state index in [2.05, 4.69) is 20.8 Å². The van der Waals surface area contributed by atoms with E-state index in [0.29, 0.717) is 18.8 Å². The average Bonchev–Trinajstić information content (AvgIpc) is 2.75. The van der Waals surface area contributed by atoms with E-state index in [4.69, 9.17) is 10.8 Å². The molecule has 0 bridgehead atoms. The number of aromatic nitrogens is 4. The lowest BCUT2D eigenvalue weighted by Gasteiger charge is -2.09. The largest absolute Gasteiger partial charge is 0.480 e. The van der Waals surface area contributed by atoms with Crippen LogP contribution in [0.1, 0.15) is 25.6 Å². The van der Waals surface area contributed by atoms with Gasteiger partial charge in [-0.25, -0.2) is 4.68 Å². The van der Waals surface area contributed by atoms with Gasteiger partial charge in [-0.3, -0.25) is 14.4 Å². The number of carbonyl (C=O) groups is 3. The topological polar surface area (TPSA) is 153 Å². The van der Waals surface area contributed by atoms with Crippen LogP contribution >= 0.6 is 0 Å². The standard InChI is InChI=1S/C10H16N6O4/c1-6(10(19)20)12-9(18)5-8-13-14-15-16(8)4-2-3-7(11)17/h6H,2-5H2,1H3,(H2,11,17)(H,12,18)(H,19,20). The Kier molecular flexibility index (Phi) is 5.56. The van der Waals surface area contributed by atoms with Crippen molar-refractivity contribution in [2.45, 2.75) is 38.8 Å². The molecule has 1 rings (SSSR count). The minimum atomic E-state index is -1.13. The molecule has 0 spiro atoms. The van der Waals surface area contributed by atoms with Crippen molar-refractivity contribution in [1.29, 1.82) is 0 Å². The van der Waals surface area contributed by atoms with E-state index in [1.54, 1.807) is 0 Å². The van der Waals surface area contributed by atoms with E-state index < -0.39 is 23.8 Å². The van der Waals surface area contributed by atoms with Crippen LogP contribution in [-0.2, 0) is 27.3 Å². The average molecular weight is 284 g/mol. The minimum Gasteiger partial charge on any atom is -0.480 e. The summed E-state index contributed by atoms with van der Waals surface area (Å²) in [6.07, 6.45) is 0.517. The second kappa shape index (κ2) is 7.16. The van der Waals surface area contributed by atoms with Gasteiger partial charge < -0.3 is 16.2 Å². The van der Waals surface area contributed by atoms with Gasteiger partial charge in [0.2, 0.25) is 11.8 Å². The van der Waals surface area contributed by atoms with Crippen molar-refractivity contribution in [1.82, 2.24) is 25.5 Å². The fraction of sp³-hybridized carbons (Fsp3) is 0.600. The van der Waals surface area contributed by atoms with Gasteiger partial charge in [-0.15, -0.1) is 5.10 Å². The number of tetrazole rings is 1. The number of nitrogens with one attached hydrogen (secondary N) is 1. The van der Waals surface area contributed by atoms with E-state index in [9.17, 15) is 14.4 Å². The zero-order chi connectivity index (χ0) is 15.1. The molecule has 0 saturated heterocycles. The van der Waals surface area contributed by atoms with Crippen molar-refractivity contribution in [2.24, 2.45) is 5.73 Å². The molecule has 2 amide bonds. The maximum absolute atomic E-state index is 11.6. The number of primary amides is 1. The number of amides is 2. The number of hydrogen-bond donors (Lipinski definition) is 3. The lowest BCUT2D eigenvalue weighted by Crippen LogP contribution is -2.39. The van der Waals surface area contributed by atoms with E-state index in [1.165, 1.54) is 11.6 Å². The first-order valence-corrected chi connectivity index (χ1v) is 5.95. The second-order valence-corrected chi connectivity index (χ2v) is 4.19. The third-order valence-electron chi connectivity index (χ3n) is 2.47. The van der Waals surface area contributed by atoms with Crippen LogP contribution in [0.5, 0.6) is 0 Å². The summed E-state index contributed by atoms with van der Waals surface area (Å²) in [5.74, 6) is -1.75. The zero-order valence-corrected chi connectivity index (χ0v) is 10.9. The molecule has 0 saturated carbocycles. The van der Waals surface area contributed by atoms with Crippen LogP contribution in [0, 0.1) is 0 Å². The van der Waals surface area contributed by atoms with Crippen LogP contribution in [0.2, 0.25) is 0 Å². The maximum Gasteiger partial charge on any atom is 0.325 e. The minimum absolute atomic E-state index is 0.138.